The predicted octanol–water partition coefficient (Wildman–Crippen LogP) is 2.76. The number of carbonyl (C=O) groups excluding carboxylic acids is 2. The highest BCUT2D eigenvalue weighted by atomic mass is 19.1. The maximum absolute atomic E-state index is 14.8. The number of methoxy groups -OCH3 is 2. The third-order valence-corrected chi connectivity index (χ3v) is 6.16. The number of nitrogens with zero attached hydrogens (tertiary/aromatic N) is 5. The van der Waals surface area contributed by atoms with Crippen LogP contribution in [0.1, 0.15) is 56.4 Å². The van der Waals surface area contributed by atoms with Crippen molar-refractivity contribution in [1.82, 2.24) is 29.7 Å². The lowest BCUT2D eigenvalue weighted by atomic mass is 10.0. The summed E-state index contributed by atoms with van der Waals surface area (Å²) in [5, 5.41) is 10.7. The van der Waals surface area contributed by atoms with Gasteiger partial charge in [-0.25, -0.2) is 18.9 Å². The van der Waals surface area contributed by atoms with Crippen molar-refractivity contribution in [1.29, 1.82) is 0 Å². The Balaban J connectivity index is 1.22. The van der Waals surface area contributed by atoms with Crippen LogP contribution in [0, 0.1) is 5.82 Å². The molecule has 1 aromatic carbocycles. The van der Waals surface area contributed by atoms with E-state index in [2.05, 4.69) is 32.9 Å². The SMILES string of the molecule is COC(=O)c1ccc(OC)c(F)c1CCNC(=O)c1cn(Cc2cn3cc(C4CC4)ccc3n2)nn1. The Morgan fingerprint density at radius 2 is 1.97 bits per heavy atom. The third kappa shape index (κ3) is 4.77. The van der Waals surface area contributed by atoms with Crippen molar-refractivity contribution in [2.45, 2.75) is 31.7 Å². The zero-order valence-corrected chi connectivity index (χ0v) is 19.9. The fourth-order valence-electron chi connectivity index (χ4n) is 4.14. The first-order chi connectivity index (χ1) is 17.5. The van der Waals surface area contributed by atoms with Crippen LogP contribution in [-0.2, 0) is 17.7 Å². The van der Waals surface area contributed by atoms with E-state index in [1.165, 1.54) is 55.6 Å². The topological polar surface area (TPSA) is 113 Å². The van der Waals surface area contributed by atoms with Crippen LogP contribution in [0.4, 0.5) is 4.39 Å². The molecular weight excluding hydrogens is 467 g/mol. The van der Waals surface area contributed by atoms with Crippen molar-refractivity contribution in [3.8, 4) is 5.75 Å². The van der Waals surface area contributed by atoms with E-state index in [4.69, 9.17) is 9.47 Å². The molecule has 1 fully saturated rings. The molecule has 0 atom stereocenters. The number of benzene rings is 1. The Morgan fingerprint density at radius 3 is 2.72 bits per heavy atom. The summed E-state index contributed by atoms with van der Waals surface area (Å²) in [5.41, 5.74) is 3.26. The van der Waals surface area contributed by atoms with Crippen LogP contribution < -0.4 is 10.1 Å². The molecule has 0 radical (unpaired) electrons. The molecule has 1 aliphatic carbocycles. The number of pyridine rings is 1. The number of hydrogen-bond acceptors (Lipinski definition) is 7. The van der Waals surface area contributed by atoms with Crippen LogP contribution in [0.5, 0.6) is 5.75 Å². The Morgan fingerprint density at radius 1 is 1.14 bits per heavy atom. The first kappa shape index (κ1) is 23.5. The summed E-state index contributed by atoms with van der Waals surface area (Å²) < 4.78 is 28.0. The molecule has 3 aromatic heterocycles. The molecular formula is C25H25FN6O4. The summed E-state index contributed by atoms with van der Waals surface area (Å²) in [4.78, 5) is 29.2. The third-order valence-electron chi connectivity index (χ3n) is 6.16. The van der Waals surface area contributed by atoms with Crippen molar-refractivity contribution in [2.75, 3.05) is 20.8 Å². The van der Waals surface area contributed by atoms with Gasteiger partial charge in [0.15, 0.2) is 17.3 Å². The van der Waals surface area contributed by atoms with Gasteiger partial charge in [-0.15, -0.1) is 5.10 Å². The maximum Gasteiger partial charge on any atom is 0.338 e. The summed E-state index contributed by atoms with van der Waals surface area (Å²) in [6, 6.07) is 6.92. The highest BCUT2D eigenvalue weighted by Gasteiger charge is 2.24. The largest absolute Gasteiger partial charge is 0.494 e. The Bertz CT molecular complexity index is 1440. The van der Waals surface area contributed by atoms with E-state index in [-0.39, 0.29) is 35.5 Å². The average Bonchev–Trinajstić information content (AvgIpc) is 3.50. The van der Waals surface area contributed by atoms with Crippen LogP contribution in [0.15, 0.2) is 42.9 Å². The molecule has 0 aliphatic heterocycles. The molecule has 1 aliphatic rings. The molecule has 1 N–H and O–H groups in total. The van der Waals surface area contributed by atoms with Gasteiger partial charge in [-0.1, -0.05) is 11.3 Å². The first-order valence-electron chi connectivity index (χ1n) is 11.6. The van der Waals surface area contributed by atoms with Crippen molar-refractivity contribution in [2.24, 2.45) is 0 Å². The number of aromatic nitrogens is 5. The second-order valence-corrected chi connectivity index (χ2v) is 8.64. The van der Waals surface area contributed by atoms with Crippen molar-refractivity contribution in [3.63, 3.8) is 0 Å². The highest BCUT2D eigenvalue weighted by molar-refractivity contribution is 5.92. The molecule has 1 amide bonds. The molecule has 36 heavy (non-hydrogen) atoms. The van der Waals surface area contributed by atoms with Gasteiger partial charge in [0.1, 0.15) is 5.65 Å². The standard InChI is InChI=1S/C25H25FN6O4/c1-35-21-7-6-19(25(34)36-2)18(23(21)26)9-10-27-24(33)20-14-32(30-29-20)13-17-12-31-11-16(15-3-4-15)5-8-22(31)28-17/h5-8,11-12,14-15H,3-4,9-10,13H2,1-2H3,(H,27,33). The molecule has 5 rings (SSSR count). The Kier molecular flexibility index (Phi) is 6.36. The number of hydrogen-bond donors (Lipinski definition) is 1. The molecule has 186 valence electrons. The average molecular weight is 493 g/mol. The minimum Gasteiger partial charge on any atom is -0.494 e. The zero-order chi connectivity index (χ0) is 25.2. The van der Waals surface area contributed by atoms with Crippen LogP contribution >= 0.6 is 0 Å². The monoisotopic (exact) mass is 492 g/mol. The molecule has 3 heterocycles. The number of amides is 1. The van der Waals surface area contributed by atoms with Crippen molar-refractivity contribution < 1.29 is 23.5 Å². The van der Waals surface area contributed by atoms with Gasteiger partial charge >= 0.3 is 5.97 Å². The van der Waals surface area contributed by atoms with Crippen LogP contribution in [0.2, 0.25) is 0 Å². The van der Waals surface area contributed by atoms with E-state index in [1.807, 2.05) is 16.7 Å². The number of carbonyl (C=O) groups is 2. The fraction of sp³-hybridized carbons (Fsp3) is 0.320. The number of imidazole rings is 1. The molecule has 1 saturated carbocycles. The van der Waals surface area contributed by atoms with E-state index >= 15 is 0 Å². The lowest BCUT2D eigenvalue weighted by Crippen LogP contribution is -2.27. The van der Waals surface area contributed by atoms with Gasteiger partial charge in [-0.05, 0) is 48.9 Å². The lowest BCUT2D eigenvalue weighted by Gasteiger charge is -2.12. The first-order valence-corrected chi connectivity index (χ1v) is 11.6. The van der Waals surface area contributed by atoms with E-state index in [0.717, 1.165) is 11.3 Å². The number of esters is 1. The summed E-state index contributed by atoms with van der Waals surface area (Å²) in [6.07, 6.45) is 8.11. The van der Waals surface area contributed by atoms with E-state index in [0.29, 0.717) is 12.5 Å². The molecule has 0 saturated heterocycles. The molecule has 10 nitrogen and oxygen atoms in total. The van der Waals surface area contributed by atoms with E-state index in [9.17, 15) is 14.0 Å². The summed E-state index contributed by atoms with van der Waals surface area (Å²) in [5.74, 6) is -1.14. The van der Waals surface area contributed by atoms with Gasteiger partial charge in [-0.2, -0.15) is 0 Å². The molecule has 4 aromatic rings. The minimum atomic E-state index is -0.670. The van der Waals surface area contributed by atoms with Crippen LogP contribution in [0.25, 0.3) is 5.65 Å². The number of halogens is 1. The number of nitrogens with one attached hydrogen (secondary N) is 1. The number of ether oxygens (including phenoxy) is 2. The maximum atomic E-state index is 14.8. The van der Waals surface area contributed by atoms with Crippen LogP contribution in [-0.4, -0.2) is 57.0 Å². The summed E-state index contributed by atoms with van der Waals surface area (Å²) in [7, 11) is 2.56. The number of rotatable bonds is 9. The smallest absolute Gasteiger partial charge is 0.338 e. The fourth-order valence-corrected chi connectivity index (χ4v) is 4.14. The van der Waals surface area contributed by atoms with Gasteiger partial charge in [0.25, 0.3) is 5.91 Å². The molecule has 0 spiro atoms. The summed E-state index contributed by atoms with van der Waals surface area (Å²) >= 11 is 0. The van der Waals surface area contributed by atoms with Gasteiger partial charge in [0.2, 0.25) is 0 Å². The van der Waals surface area contributed by atoms with Crippen LogP contribution in [0.3, 0.4) is 0 Å². The van der Waals surface area contributed by atoms with E-state index in [1.54, 1.807) is 0 Å². The lowest BCUT2D eigenvalue weighted by molar-refractivity contribution is 0.0598. The summed E-state index contributed by atoms with van der Waals surface area (Å²) in [6.45, 7) is 0.424. The second-order valence-electron chi connectivity index (χ2n) is 8.64. The Hall–Kier alpha value is -4.28. The minimum absolute atomic E-state index is 0.00244. The quantitative estimate of drug-likeness (QED) is 0.358. The van der Waals surface area contributed by atoms with E-state index < -0.39 is 17.7 Å². The van der Waals surface area contributed by atoms with Gasteiger partial charge in [-0.3, -0.25) is 4.79 Å². The Labute approximate surface area is 206 Å². The second kappa shape index (κ2) is 9.76. The molecule has 0 unspecified atom stereocenters. The van der Waals surface area contributed by atoms with Gasteiger partial charge in [0, 0.05) is 24.5 Å². The van der Waals surface area contributed by atoms with Crippen molar-refractivity contribution in [3.05, 3.63) is 76.8 Å². The van der Waals surface area contributed by atoms with Gasteiger partial charge in [0.05, 0.1) is 38.2 Å². The number of fused-ring (bicyclic) bond motifs is 1. The zero-order valence-electron chi connectivity index (χ0n) is 19.9. The van der Waals surface area contributed by atoms with Gasteiger partial charge < -0.3 is 19.2 Å². The molecule has 0 bridgehead atoms. The predicted molar refractivity (Wildman–Crippen MR) is 127 cm³/mol. The normalized spacial score (nSPS) is 13.1. The molecule has 11 heteroatoms. The highest BCUT2D eigenvalue weighted by Crippen LogP contribution is 2.39. The van der Waals surface area contributed by atoms with Crippen molar-refractivity contribution >= 4 is 17.5 Å².